The SMILES string of the molecule is CCCNC(CC)C(C)c1ncnc2c1cnn2C. The van der Waals surface area contributed by atoms with Crippen LogP contribution in [-0.2, 0) is 7.05 Å². The Labute approximate surface area is 114 Å². The molecule has 0 fully saturated rings. The molecule has 0 spiro atoms. The molecule has 2 heterocycles. The normalized spacial score (nSPS) is 14.7. The van der Waals surface area contributed by atoms with Gasteiger partial charge < -0.3 is 5.32 Å². The molecular formula is C14H23N5. The quantitative estimate of drug-likeness (QED) is 0.866. The zero-order chi connectivity index (χ0) is 13.8. The van der Waals surface area contributed by atoms with Crippen LogP contribution >= 0.6 is 0 Å². The van der Waals surface area contributed by atoms with Gasteiger partial charge in [0.2, 0.25) is 0 Å². The molecule has 0 aliphatic rings. The summed E-state index contributed by atoms with van der Waals surface area (Å²) >= 11 is 0. The van der Waals surface area contributed by atoms with Crippen molar-refractivity contribution < 1.29 is 0 Å². The molecule has 0 radical (unpaired) electrons. The highest BCUT2D eigenvalue weighted by molar-refractivity contribution is 5.77. The minimum atomic E-state index is 0.353. The molecule has 5 nitrogen and oxygen atoms in total. The summed E-state index contributed by atoms with van der Waals surface area (Å²) in [7, 11) is 1.91. The number of hydrogen-bond acceptors (Lipinski definition) is 4. The Morgan fingerprint density at radius 3 is 2.79 bits per heavy atom. The minimum absolute atomic E-state index is 0.353. The third-order valence-electron chi connectivity index (χ3n) is 3.69. The average molecular weight is 261 g/mol. The molecule has 19 heavy (non-hydrogen) atoms. The van der Waals surface area contributed by atoms with E-state index in [1.165, 1.54) is 0 Å². The van der Waals surface area contributed by atoms with Gasteiger partial charge in [0.25, 0.3) is 0 Å². The molecule has 0 bridgehead atoms. The van der Waals surface area contributed by atoms with Gasteiger partial charge in [0, 0.05) is 19.0 Å². The molecule has 0 saturated carbocycles. The Kier molecular flexibility index (Phi) is 4.47. The van der Waals surface area contributed by atoms with Crippen molar-refractivity contribution in [2.75, 3.05) is 6.54 Å². The summed E-state index contributed by atoms with van der Waals surface area (Å²) in [6.07, 6.45) is 5.75. The summed E-state index contributed by atoms with van der Waals surface area (Å²) in [6.45, 7) is 7.68. The van der Waals surface area contributed by atoms with Crippen LogP contribution in [-0.4, -0.2) is 32.3 Å². The zero-order valence-electron chi connectivity index (χ0n) is 12.2. The van der Waals surface area contributed by atoms with Gasteiger partial charge in [-0.3, -0.25) is 4.68 Å². The first kappa shape index (κ1) is 13.9. The van der Waals surface area contributed by atoms with Crippen LogP contribution in [0.15, 0.2) is 12.5 Å². The first-order valence-corrected chi connectivity index (χ1v) is 7.05. The van der Waals surface area contributed by atoms with Gasteiger partial charge in [0.1, 0.15) is 6.33 Å². The van der Waals surface area contributed by atoms with Gasteiger partial charge in [0.15, 0.2) is 5.65 Å². The summed E-state index contributed by atoms with van der Waals surface area (Å²) < 4.78 is 1.80. The van der Waals surface area contributed by atoms with E-state index in [1.54, 1.807) is 11.0 Å². The van der Waals surface area contributed by atoms with Gasteiger partial charge in [-0.15, -0.1) is 0 Å². The summed E-state index contributed by atoms with van der Waals surface area (Å²) in [5.74, 6) is 0.353. The third-order valence-corrected chi connectivity index (χ3v) is 3.69. The van der Waals surface area contributed by atoms with Crippen LogP contribution in [0.3, 0.4) is 0 Å². The van der Waals surface area contributed by atoms with E-state index in [0.29, 0.717) is 12.0 Å². The lowest BCUT2D eigenvalue weighted by molar-refractivity contribution is 0.434. The van der Waals surface area contributed by atoms with E-state index in [1.807, 2.05) is 13.2 Å². The second-order valence-corrected chi connectivity index (χ2v) is 5.02. The average Bonchev–Trinajstić information content (AvgIpc) is 2.81. The Morgan fingerprint density at radius 2 is 2.11 bits per heavy atom. The second-order valence-electron chi connectivity index (χ2n) is 5.02. The van der Waals surface area contributed by atoms with Crippen molar-refractivity contribution in [2.45, 2.75) is 45.6 Å². The van der Waals surface area contributed by atoms with Gasteiger partial charge >= 0.3 is 0 Å². The molecule has 0 aromatic carbocycles. The topological polar surface area (TPSA) is 55.6 Å². The molecule has 2 atom stereocenters. The fraction of sp³-hybridized carbons (Fsp3) is 0.643. The van der Waals surface area contributed by atoms with Crippen molar-refractivity contribution in [1.29, 1.82) is 0 Å². The maximum absolute atomic E-state index is 4.49. The van der Waals surface area contributed by atoms with Gasteiger partial charge in [-0.05, 0) is 19.4 Å². The van der Waals surface area contributed by atoms with Crippen molar-refractivity contribution in [3.05, 3.63) is 18.2 Å². The van der Waals surface area contributed by atoms with Crippen LogP contribution in [0.4, 0.5) is 0 Å². The number of rotatable bonds is 6. The third kappa shape index (κ3) is 2.76. The lowest BCUT2D eigenvalue weighted by atomic mass is 9.94. The summed E-state index contributed by atoms with van der Waals surface area (Å²) in [6, 6.07) is 0.443. The Balaban J connectivity index is 2.31. The molecule has 5 heteroatoms. The maximum atomic E-state index is 4.49. The molecule has 2 aromatic heterocycles. The highest BCUT2D eigenvalue weighted by Gasteiger charge is 2.21. The summed E-state index contributed by atoms with van der Waals surface area (Å²) in [5.41, 5.74) is 2.00. The van der Waals surface area contributed by atoms with Crippen LogP contribution in [0.25, 0.3) is 11.0 Å². The Morgan fingerprint density at radius 1 is 1.32 bits per heavy atom. The zero-order valence-corrected chi connectivity index (χ0v) is 12.2. The lowest BCUT2D eigenvalue weighted by Gasteiger charge is -2.23. The fourth-order valence-electron chi connectivity index (χ4n) is 2.54. The van der Waals surface area contributed by atoms with Crippen molar-refractivity contribution in [3.8, 4) is 0 Å². The molecule has 0 aliphatic heterocycles. The monoisotopic (exact) mass is 261 g/mol. The molecular weight excluding hydrogens is 238 g/mol. The Hall–Kier alpha value is -1.49. The van der Waals surface area contributed by atoms with Crippen molar-refractivity contribution in [2.24, 2.45) is 7.05 Å². The number of aromatic nitrogens is 4. The van der Waals surface area contributed by atoms with Gasteiger partial charge in [0.05, 0.1) is 17.3 Å². The number of fused-ring (bicyclic) bond motifs is 1. The Bertz CT molecular complexity index is 534. The van der Waals surface area contributed by atoms with E-state index in [4.69, 9.17) is 0 Å². The molecule has 0 aliphatic carbocycles. The number of aryl methyl sites for hydroxylation is 1. The van der Waals surface area contributed by atoms with E-state index < -0.39 is 0 Å². The van der Waals surface area contributed by atoms with E-state index in [2.05, 4.69) is 41.2 Å². The predicted molar refractivity (Wildman–Crippen MR) is 77.1 cm³/mol. The summed E-state index contributed by atoms with van der Waals surface area (Å²) in [4.78, 5) is 8.79. The highest BCUT2D eigenvalue weighted by Crippen LogP contribution is 2.25. The standard InChI is InChI=1S/C14H23N5/c1-5-7-15-12(6-2)10(3)13-11-8-18-19(4)14(11)17-9-16-13/h8-10,12,15H,5-7H2,1-4H3. The van der Waals surface area contributed by atoms with Crippen LogP contribution in [0.2, 0.25) is 0 Å². The molecule has 0 saturated heterocycles. The van der Waals surface area contributed by atoms with Crippen molar-refractivity contribution >= 4 is 11.0 Å². The smallest absolute Gasteiger partial charge is 0.161 e. The van der Waals surface area contributed by atoms with Crippen LogP contribution in [0.1, 0.15) is 45.2 Å². The van der Waals surface area contributed by atoms with Crippen LogP contribution < -0.4 is 5.32 Å². The van der Waals surface area contributed by atoms with Gasteiger partial charge in [-0.25, -0.2) is 9.97 Å². The van der Waals surface area contributed by atoms with Crippen molar-refractivity contribution in [1.82, 2.24) is 25.1 Å². The lowest BCUT2D eigenvalue weighted by Crippen LogP contribution is -2.34. The second kappa shape index (κ2) is 6.10. The number of hydrogen-bond donors (Lipinski definition) is 1. The van der Waals surface area contributed by atoms with E-state index >= 15 is 0 Å². The number of nitrogens with one attached hydrogen (secondary N) is 1. The maximum Gasteiger partial charge on any atom is 0.161 e. The van der Waals surface area contributed by atoms with Crippen molar-refractivity contribution in [3.63, 3.8) is 0 Å². The molecule has 2 aromatic rings. The van der Waals surface area contributed by atoms with Gasteiger partial charge in [-0.2, -0.15) is 5.10 Å². The summed E-state index contributed by atoms with van der Waals surface area (Å²) in [5, 5.41) is 8.95. The first-order chi connectivity index (χ1) is 9.19. The molecule has 2 unspecified atom stereocenters. The van der Waals surface area contributed by atoms with E-state index in [0.717, 1.165) is 36.1 Å². The highest BCUT2D eigenvalue weighted by atomic mass is 15.3. The number of nitrogens with zero attached hydrogens (tertiary/aromatic N) is 4. The molecule has 1 N–H and O–H groups in total. The van der Waals surface area contributed by atoms with Crippen LogP contribution in [0.5, 0.6) is 0 Å². The fourth-order valence-corrected chi connectivity index (χ4v) is 2.54. The molecule has 2 rings (SSSR count). The van der Waals surface area contributed by atoms with E-state index in [-0.39, 0.29) is 0 Å². The predicted octanol–water partition coefficient (Wildman–Crippen LogP) is 2.25. The van der Waals surface area contributed by atoms with Crippen LogP contribution in [0, 0.1) is 0 Å². The van der Waals surface area contributed by atoms with Gasteiger partial charge in [-0.1, -0.05) is 20.8 Å². The molecule has 0 amide bonds. The minimum Gasteiger partial charge on any atom is -0.313 e. The first-order valence-electron chi connectivity index (χ1n) is 7.05. The van der Waals surface area contributed by atoms with E-state index in [9.17, 15) is 0 Å². The molecule has 104 valence electrons. The largest absolute Gasteiger partial charge is 0.313 e.